The smallest absolute Gasteiger partial charge is 0.303 e. The summed E-state index contributed by atoms with van der Waals surface area (Å²) in [6.07, 6.45) is 1.66. The van der Waals surface area contributed by atoms with E-state index in [-0.39, 0.29) is 11.7 Å². The van der Waals surface area contributed by atoms with Crippen LogP contribution in [0.5, 0.6) is 11.5 Å². The highest BCUT2D eigenvalue weighted by Crippen LogP contribution is 2.31. The van der Waals surface area contributed by atoms with Crippen molar-refractivity contribution in [3.63, 3.8) is 0 Å². The van der Waals surface area contributed by atoms with Crippen molar-refractivity contribution in [1.82, 2.24) is 4.90 Å². The van der Waals surface area contributed by atoms with Crippen LogP contribution >= 0.6 is 0 Å². The number of carbonyl (C=O) groups excluding carboxylic acids is 1. The first-order chi connectivity index (χ1) is 13.5. The largest absolute Gasteiger partial charge is 0.504 e. The monoisotopic (exact) mass is 385 g/mol. The van der Waals surface area contributed by atoms with Gasteiger partial charge in [0.2, 0.25) is 0 Å². The Balaban J connectivity index is 2.18. The Kier molecular flexibility index (Phi) is 8.82. The van der Waals surface area contributed by atoms with E-state index in [4.69, 9.17) is 9.47 Å². The topological polar surface area (TPSA) is 59.0 Å². The molecule has 28 heavy (non-hydrogen) atoms. The van der Waals surface area contributed by atoms with Crippen LogP contribution in [0.1, 0.15) is 50.8 Å². The SMILES string of the molecule is CCCN(CCC)CC(OC(C)=O)c1ccc(O)c(OCc2ccccc2)c1. The van der Waals surface area contributed by atoms with Crippen LogP contribution in [0, 0.1) is 0 Å². The molecule has 0 spiro atoms. The van der Waals surface area contributed by atoms with Gasteiger partial charge in [0.1, 0.15) is 12.7 Å². The van der Waals surface area contributed by atoms with Crippen LogP contribution in [0.4, 0.5) is 0 Å². The molecule has 1 unspecified atom stereocenters. The average molecular weight is 386 g/mol. The third-order valence-electron chi connectivity index (χ3n) is 4.40. The van der Waals surface area contributed by atoms with Crippen molar-refractivity contribution in [3.05, 3.63) is 59.7 Å². The molecule has 152 valence electrons. The molecule has 0 saturated heterocycles. The van der Waals surface area contributed by atoms with Gasteiger partial charge in [0, 0.05) is 13.5 Å². The van der Waals surface area contributed by atoms with Gasteiger partial charge >= 0.3 is 5.97 Å². The summed E-state index contributed by atoms with van der Waals surface area (Å²) in [7, 11) is 0. The minimum atomic E-state index is -0.407. The molecule has 0 aromatic heterocycles. The Labute approximate surface area is 167 Å². The van der Waals surface area contributed by atoms with Crippen molar-refractivity contribution in [2.45, 2.75) is 46.3 Å². The van der Waals surface area contributed by atoms with Crippen LogP contribution in [0.3, 0.4) is 0 Å². The molecule has 0 saturated carbocycles. The third kappa shape index (κ3) is 6.89. The van der Waals surface area contributed by atoms with Gasteiger partial charge < -0.3 is 14.6 Å². The standard InChI is InChI=1S/C23H31NO4/c1-4-13-24(14-5-2)16-23(28-18(3)25)20-11-12-21(26)22(15-20)27-17-19-9-7-6-8-10-19/h6-12,15,23,26H,4-5,13-14,16-17H2,1-3H3. The first-order valence-corrected chi connectivity index (χ1v) is 9.92. The summed E-state index contributed by atoms with van der Waals surface area (Å²) in [6.45, 7) is 8.56. The normalized spacial score (nSPS) is 12.0. The molecule has 0 aliphatic rings. The quantitative estimate of drug-likeness (QED) is 0.568. The highest BCUT2D eigenvalue weighted by molar-refractivity contribution is 5.66. The van der Waals surface area contributed by atoms with E-state index >= 15 is 0 Å². The molecular weight excluding hydrogens is 354 g/mol. The molecule has 1 N–H and O–H groups in total. The number of rotatable bonds is 11. The van der Waals surface area contributed by atoms with Crippen molar-refractivity contribution in [1.29, 1.82) is 0 Å². The first kappa shape index (κ1) is 21.8. The zero-order chi connectivity index (χ0) is 20.4. The van der Waals surface area contributed by atoms with E-state index < -0.39 is 6.10 Å². The van der Waals surface area contributed by atoms with E-state index in [2.05, 4.69) is 18.7 Å². The summed E-state index contributed by atoms with van der Waals surface area (Å²) < 4.78 is 11.4. The van der Waals surface area contributed by atoms with E-state index in [9.17, 15) is 9.90 Å². The molecule has 0 aliphatic carbocycles. The average Bonchev–Trinajstić information content (AvgIpc) is 2.68. The van der Waals surface area contributed by atoms with Crippen molar-refractivity contribution in [3.8, 4) is 11.5 Å². The van der Waals surface area contributed by atoms with E-state index in [0.29, 0.717) is 18.9 Å². The van der Waals surface area contributed by atoms with Gasteiger partial charge in [-0.05, 0) is 49.2 Å². The van der Waals surface area contributed by atoms with Crippen LogP contribution in [0.25, 0.3) is 0 Å². The molecule has 0 aliphatic heterocycles. The Morgan fingerprint density at radius 2 is 1.75 bits per heavy atom. The summed E-state index contributed by atoms with van der Waals surface area (Å²) >= 11 is 0. The highest BCUT2D eigenvalue weighted by Gasteiger charge is 2.20. The molecule has 1 atom stereocenters. The molecule has 0 fully saturated rings. The lowest BCUT2D eigenvalue weighted by atomic mass is 10.1. The van der Waals surface area contributed by atoms with Crippen LogP contribution in [-0.2, 0) is 16.1 Å². The van der Waals surface area contributed by atoms with E-state index in [0.717, 1.165) is 37.1 Å². The number of phenolic OH excluding ortho intramolecular Hbond substituents is 1. The summed E-state index contributed by atoms with van der Waals surface area (Å²) in [5.74, 6) is 0.133. The van der Waals surface area contributed by atoms with Crippen molar-refractivity contribution in [2.24, 2.45) is 0 Å². The molecule has 0 radical (unpaired) electrons. The molecule has 2 aromatic carbocycles. The number of phenols is 1. The fourth-order valence-electron chi connectivity index (χ4n) is 3.15. The minimum absolute atomic E-state index is 0.0697. The van der Waals surface area contributed by atoms with Gasteiger partial charge in [0.25, 0.3) is 0 Å². The Morgan fingerprint density at radius 3 is 2.36 bits per heavy atom. The Morgan fingerprint density at radius 1 is 1.07 bits per heavy atom. The minimum Gasteiger partial charge on any atom is -0.504 e. The van der Waals surface area contributed by atoms with Gasteiger partial charge in [-0.2, -0.15) is 0 Å². The molecule has 0 amide bonds. The maximum Gasteiger partial charge on any atom is 0.303 e. The van der Waals surface area contributed by atoms with Crippen LogP contribution in [-0.4, -0.2) is 35.6 Å². The molecule has 2 rings (SSSR count). The maximum atomic E-state index is 11.7. The summed E-state index contributed by atoms with van der Waals surface area (Å²) in [6, 6.07) is 14.9. The van der Waals surface area contributed by atoms with Gasteiger partial charge in [-0.1, -0.05) is 50.2 Å². The van der Waals surface area contributed by atoms with Crippen molar-refractivity contribution < 1.29 is 19.4 Å². The predicted octanol–water partition coefficient (Wildman–Crippen LogP) is 4.70. The van der Waals surface area contributed by atoms with E-state index in [1.807, 2.05) is 30.3 Å². The number of hydrogen-bond acceptors (Lipinski definition) is 5. The lowest BCUT2D eigenvalue weighted by Gasteiger charge is -2.27. The number of nitrogens with zero attached hydrogens (tertiary/aromatic N) is 1. The van der Waals surface area contributed by atoms with Gasteiger partial charge in [-0.15, -0.1) is 0 Å². The lowest BCUT2D eigenvalue weighted by Crippen LogP contribution is -2.32. The fourth-order valence-corrected chi connectivity index (χ4v) is 3.15. The number of ether oxygens (including phenoxy) is 2. The number of esters is 1. The Bertz CT molecular complexity index is 727. The number of benzene rings is 2. The van der Waals surface area contributed by atoms with Gasteiger partial charge in [0.05, 0.1) is 0 Å². The van der Waals surface area contributed by atoms with Gasteiger partial charge in [0.15, 0.2) is 11.5 Å². The lowest BCUT2D eigenvalue weighted by molar-refractivity contribution is -0.147. The number of carbonyl (C=O) groups is 1. The number of hydrogen-bond donors (Lipinski definition) is 1. The second kappa shape index (κ2) is 11.3. The summed E-state index contributed by atoms with van der Waals surface area (Å²) in [5, 5.41) is 10.2. The van der Waals surface area contributed by atoms with E-state index in [1.165, 1.54) is 6.92 Å². The molecule has 0 bridgehead atoms. The van der Waals surface area contributed by atoms with Crippen LogP contribution < -0.4 is 4.74 Å². The van der Waals surface area contributed by atoms with Crippen molar-refractivity contribution in [2.75, 3.05) is 19.6 Å². The number of aromatic hydroxyl groups is 1. The highest BCUT2D eigenvalue weighted by atomic mass is 16.5. The Hall–Kier alpha value is -2.53. The molecule has 2 aromatic rings. The van der Waals surface area contributed by atoms with Crippen molar-refractivity contribution >= 4 is 5.97 Å². The summed E-state index contributed by atoms with van der Waals surface area (Å²) in [4.78, 5) is 14.0. The zero-order valence-electron chi connectivity index (χ0n) is 17.1. The predicted molar refractivity (Wildman–Crippen MR) is 110 cm³/mol. The van der Waals surface area contributed by atoms with Crippen LogP contribution in [0.2, 0.25) is 0 Å². The van der Waals surface area contributed by atoms with E-state index in [1.54, 1.807) is 18.2 Å². The fraction of sp³-hybridized carbons (Fsp3) is 0.435. The zero-order valence-corrected chi connectivity index (χ0v) is 17.1. The maximum absolute atomic E-state index is 11.7. The second-order valence-corrected chi connectivity index (χ2v) is 6.90. The van der Waals surface area contributed by atoms with Gasteiger partial charge in [-0.3, -0.25) is 9.69 Å². The first-order valence-electron chi connectivity index (χ1n) is 9.92. The molecule has 5 nitrogen and oxygen atoms in total. The molecule has 5 heteroatoms. The molecule has 0 heterocycles. The third-order valence-corrected chi connectivity index (χ3v) is 4.40. The summed E-state index contributed by atoms with van der Waals surface area (Å²) in [5.41, 5.74) is 1.83. The second-order valence-electron chi connectivity index (χ2n) is 6.90. The van der Waals surface area contributed by atoms with Crippen LogP contribution in [0.15, 0.2) is 48.5 Å². The van der Waals surface area contributed by atoms with Gasteiger partial charge in [-0.25, -0.2) is 0 Å². The molecular formula is C23H31NO4.